The predicted octanol–water partition coefficient (Wildman–Crippen LogP) is 13.2. The van der Waals surface area contributed by atoms with Crippen LogP contribution in [0.1, 0.15) is 15.1 Å². The number of rotatable bonds is 3. The Hall–Kier alpha value is -6.18. The molecule has 10 rings (SSSR count). The molecule has 0 spiro atoms. The fourth-order valence-electron chi connectivity index (χ4n) is 6.83. The molecule has 47 heavy (non-hydrogen) atoms. The van der Waals surface area contributed by atoms with E-state index >= 15 is 0 Å². The molecule has 0 radical (unpaired) electrons. The van der Waals surface area contributed by atoms with Crippen molar-refractivity contribution < 1.29 is 19.5 Å². The van der Waals surface area contributed by atoms with Crippen LogP contribution in [-0.4, -0.2) is 0 Å². The van der Waals surface area contributed by atoms with Crippen LogP contribution in [0.2, 0.25) is 0 Å². The number of hydrogen-bond donors (Lipinski definition) is 0. The van der Waals surface area contributed by atoms with Gasteiger partial charge in [-0.25, -0.2) is 0 Å². The standard InChI is InChI=1S/C46H28O/c1-2-10-29(11-3-1)32-18-19-34-25-35(21-20-33(34)24-32)45-37-14-6-8-16-39(37)46(40-17-9-7-15-38(40)45)36-22-23-43-41(27-36)42-26-30-12-4-5-13-31(30)28-44(42)47-43/h1-28H/i1D,2D,3D,10D,11D,18D,19D,20D,21D,24D,25D. The van der Waals surface area contributed by atoms with Crippen LogP contribution in [0.25, 0.3) is 98.4 Å². The monoisotopic (exact) mass is 607 g/mol. The largest absolute Gasteiger partial charge is 0.456 e. The van der Waals surface area contributed by atoms with Crippen molar-refractivity contribution in [2.24, 2.45) is 0 Å². The maximum atomic E-state index is 9.62. The number of furan rings is 1. The van der Waals surface area contributed by atoms with Crippen molar-refractivity contribution in [2.75, 3.05) is 0 Å². The van der Waals surface area contributed by atoms with Crippen LogP contribution < -0.4 is 0 Å². The van der Waals surface area contributed by atoms with Gasteiger partial charge in [-0.3, -0.25) is 0 Å². The van der Waals surface area contributed by atoms with Crippen LogP contribution in [0.3, 0.4) is 0 Å². The summed E-state index contributed by atoms with van der Waals surface area (Å²) < 4.78 is 104. The van der Waals surface area contributed by atoms with Gasteiger partial charge in [0.15, 0.2) is 0 Å². The first kappa shape index (κ1) is 17.5. The highest BCUT2D eigenvalue weighted by Crippen LogP contribution is 2.45. The molecule has 0 saturated heterocycles. The Morgan fingerprint density at radius 2 is 0.915 bits per heavy atom. The second-order valence-corrected chi connectivity index (χ2v) is 11.6. The molecule has 1 heterocycles. The van der Waals surface area contributed by atoms with E-state index in [1.54, 1.807) is 0 Å². The first-order valence-electron chi connectivity index (χ1n) is 20.8. The normalized spacial score (nSPS) is 15.1. The van der Waals surface area contributed by atoms with Crippen molar-refractivity contribution in [1.82, 2.24) is 0 Å². The van der Waals surface area contributed by atoms with E-state index in [-0.39, 0.29) is 28.4 Å². The minimum absolute atomic E-state index is 0.0578. The second-order valence-electron chi connectivity index (χ2n) is 11.6. The minimum Gasteiger partial charge on any atom is -0.456 e. The number of hydrogen-bond acceptors (Lipinski definition) is 1. The highest BCUT2D eigenvalue weighted by molar-refractivity contribution is 6.22. The molecule has 0 aliphatic rings. The van der Waals surface area contributed by atoms with Gasteiger partial charge in [0.2, 0.25) is 0 Å². The molecule has 1 aromatic heterocycles. The fraction of sp³-hybridized carbons (Fsp3) is 0. The van der Waals surface area contributed by atoms with Crippen LogP contribution >= 0.6 is 0 Å². The average molecular weight is 608 g/mol. The Bertz CT molecular complexity index is 3390. The molecule has 0 amide bonds. The summed E-state index contributed by atoms with van der Waals surface area (Å²) in [5, 5.41) is 6.67. The van der Waals surface area contributed by atoms with E-state index in [9.17, 15) is 5.48 Å². The van der Waals surface area contributed by atoms with Crippen LogP contribution in [0.5, 0.6) is 0 Å². The van der Waals surface area contributed by atoms with Gasteiger partial charge in [-0.05, 0) is 113 Å². The van der Waals surface area contributed by atoms with Gasteiger partial charge in [0.25, 0.3) is 0 Å². The molecule has 0 unspecified atom stereocenters. The van der Waals surface area contributed by atoms with E-state index in [1.807, 2.05) is 72.8 Å². The van der Waals surface area contributed by atoms with Crippen LogP contribution in [-0.2, 0) is 0 Å². The van der Waals surface area contributed by atoms with Crippen molar-refractivity contribution in [2.45, 2.75) is 0 Å². The summed E-state index contributed by atoms with van der Waals surface area (Å²) in [6.07, 6.45) is 0. The van der Waals surface area contributed by atoms with E-state index < -0.39 is 65.5 Å². The van der Waals surface area contributed by atoms with Gasteiger partial charge in [0, 0.05) is 10.8 Å². The van der Waals surface area contributed by atoms with E-state index in [0.717, 1.165) is 54.6 Å². The summed E-state index contributed by atoms with van der Waals surface area (Å²) in [5.74, 6) is 0. The zero-order chi connectivity index (χ0) is 40.5. The Labute approximate surface area is 287 Å². The third kappa shape index (κ3) is 4.10. The molecule has 0 atom stereocenters. The first-order chi connectivity index (χ1) is 27.9. The summed E-state index contributed by atoms with van der Waals surface area (Å²) >= 11 is 0. The minimum atomic E-state index is -0.668. The van der Waals surface area contributed by atoms with Crippen molar-refractivity contribution in [3.05, 3.63) is 170 Å². The molecule has 0 aliphatic carbocycles. The van der Waals surface area contributed by atoms with Gasteiger partial charge in [-0.1, -0.05) is 133 Å². The van der Waals surface area contributed by atoms with Gasteiger partial charge in [0.05, 0.1) is 15.1 Å². The third-order valence-electron chi connectivity index (χ3n) is 8.93. The Kier molecular flexibility index (Phi) is 3.79. The zero-order valence-corrected chi connectivity index (χ0v) is 24.7. The number of fused-ring (bicyclic) bond motifs is 7. The SMILES string of the molecule is [2H]c1c([2H])c([2H])c(-c2c([2H])c([2H])c3c([2H])c(-c4c5ccccc5c(-c5ccc6oc7cc8ccccc8cc7c6c5)c5ccccc45)c([2H])c([2H])c3c2[2H])c([2H])c1[2H]. The van der Waals surface area contributed by atoms with Crippen LogP contribution in [0.4, 0.5) is 0 Å². The maximum absolute atomic E-state index is 9.62. The summed E-state index contributed by atoms with van der Waals surface area (Å²) in [5.41, 5.74) is 3.06. The van der Waals surface area contributed by atoms with E-state index in [0.29, 0.717) is 16.3 Å². The Balaban J connectivity index is 1.27. The second kappa shape index (κ2) is 10.2. The molecule has 0 aliphatic heterocycles. The Morgan fingerprint density at radius 3 is 1.60 bits per heavy atom. The van der Waals surface area contributed by atoms with Crippen LogP contribution in [0, 0.1) is 0 Å². The van der Waals surface area contributed by atoms with E-state index in [4.69, 9.17) is 14.0 Å². The van der Waals surface area contributed by atoms with Gasteiger partial charge < -0.3 is 4.42 Å². The van der Waals surface area contributed by atoms with Gasteiger partial charge in [0.1, 0.15) is 11.2 Å². The van der Waals surface area contributed by atoms with Crippen molar-refractivity contribution in [1.29, 1.82) is 0 Å². The molecule has 218 valence electrons. The third-order valence-corrected chi connectivity index (χ3v) is 8.93. The molecule has 0 saturated carbocycles. The summed E-state index contributed by atoms with van der Waals surface area (Å²) in [7, 11) is 0. The summed E-state index contributed by atoms with van der Waals surface area (Å²) in [6.45, 7) is 0. The highest BCUT2D eigenvalue weighted by atomic mass is 16.3. The molecule has 0 fully saturated rings. The first-order valence-corrected chi connectivity index (χ1v) is 15.3. The topological polar surface area (TPSA) is 13.1 Å². The molecule has 10 aromatic rings. The molecule has 1 nitrogen and oxygen atoms in total. The van der Waals surface area contributed by atoms with E-state index in [2.05, 4.69) is 30.3 Å². The molecule has 0 bridgehead atoms. The lowest BCUT2D eigenvalue weighted by Gasteiger charge is -2.18. The highest BCUT2D eigenvalue weighted by Gasteiger charge is 2.18. The lowest BCUT2D eigenvalue weighted by Crippen LogP contribution is -1.91. The van der Waals surface area contributed by atoms with Gasteiger partial charge in [-0.15, -0.1) is 0 Å². The predicted molar refractivity (Wildman–Crippen MR) is 200 cm³/mol. The average Bonchev–Trinajstić information content (AvgIpc) is 3.59. The quantitative estimate of drug-likeness (QED) is 0.182. The molecule has 9 aromatic carbocycles. The Morgan fingerprint density at radius 1 is 0.362 bits per heavy atom. The van der Waals surface area contributed by atoms with E-state index in [1.165, 1.54) is 0 Å². The van der Waals surface area contributed by atoms with Crippen molar-refractivity contribution >= 4 is 65.0 Å². The lowest BCUT2D eigenvalue weighted by atomic mass is 9.85. The van der Waals surface area contributed by atoms with Crippen molar-refractivity contribution in [3.63, 3.8) is 0 Å². The van der Waals surface area contributed by atoms with Crippen LogP contribution in [0.15, 0.2) is 174 Å². The lowest BCUT2D eigenvalue weighted by molar-refractivity contribution is 0.669. The number of benzene rings is 9. The zero-order valence-electron chi connectivity index (χ0n) is 35.7. The maximum Gasteiger partial charge on any atom is 0.136 e. The molecule has 0 N–H and O–H groups in total. The smallest absolute Gasteiger partial charge is 0.136 e. The summed E-state index contributed by atoms with van der Waals surface area (Å²) in [6, 6.07) is 27.6. The fourth-order valence-corrected chi connectivity index (χ4v) is 6.83. The molecular weight excluding hydrogens is 569 g/mol. The van der Waals surface area contributed by atoms with Gasteiger partial charge in [-0.2, -0.15) is 0 Å². The summed E-state index contributed by atoms with van der Waals surface area (Å²) in [4.78, 5) is 0. The molecular formula is C46H28O. The van der Waals surface area contributed by atoms with Crippen molar-refractivity contribution in [3.8, 4) is 33.4 Å². The molecule has 1 heteroatoms. The van der Waals surface area contributed by atoms with Gasteiger partial charge >= 0.3 is 0 Å².